The summed E-state index contributed by atoms with van der Waals surface area (Å²) in [5.41, 5.74) is 6.17. The van der Waals surface area contributed by atoms with Crippen molar-refractivity contribution in [1.82, 2.24) is 0 Å². The lowest BCUT2D eigenvalue weighted by Gasteiger charge is -2.07. The van der Waals surface area contributed by atoms with Crippen molar-refractivity contribution in [3.05, 3.63) is 29.1 Å². The van der Waals surface area contributed by atoms with Crippen LogP contribution in [0.3, 0.4) is 0 Å². The average Bonchev–Trinajstić information content (AvgIpc) is 2.76. The van der Waals surface area contributed by atoms with Crippen molar-refractivity contribution in [3.8, 4) is 0 Å². The van der Waals surface area contributed by atoms with Gasteiger partial charge in [-0.1, -0.05) is 0 Å². The molecule has 108 valence electrons. The normalized spacial score (nSPS) is 11.8. The van der Waals surface area contributed by atoms with E-state index in [2.05, 4.69) is 9.47 Å². The van der Waals surface area contributed by atoms with Crippen LogP contribution in [0, 0.1) is 0 Å². The Morgan fingerprint density at radius 2 is 2.05 bits per heavy atom. The number of rotatable bonds is 4. The fraction of sp³-hybridized carbons (Fsp3) is 0.250. The summed E-state index contributed by atoms with van der Waals surface area (Å²) in [5.74, 6) is -0.730. The molecule has 0 saturated heterocycles. The summed E-state index contributed by atoms with van der Waals surface area (Å²) in [5, 5.41) is 0.776. The molecular formula is C12H10F3NO3S. The van der Waals surface area contributed by atoms with Crippen molar-refractivity contribution in [2.24, 2.45) is 0 Å². The van der Waals surface area contributed by atoms with Gasteiger partial charge in [-0.05, 0) is 29.7 Å². The van der Waals surface area contributed by atoms with Gasteiger partial charge in [0.25, 0.3) is 0 Å². The van der Waals surface area contributed by atoms with Crippen molar-refractivity contribution in [3.63, 3.8) is 0 Å². The first kappa shape index (κ1) is 14.6. The lowest BCUT2D eigenvalue weighted by atomic mass is 10.2. The third-order valence-corrected chi connectivity index (χ3v) is 3.38. The number of halogens is 3. The van der Waals surface area contributed by atoms with Gasteiger partial charge in [0.1, 0.15) is 11.5 Å². The van der Waals surface area contributed by atoms with Crippen LogP contribution in [-0.4, -0.2) is 25.5 Å². The molecule has 0 radical (unpaired) electrons. The SMILES string of the molecule is Nc1ccc2sc(C(=O)OCOCC(F)(F)F)cc2c1. The highest BCUT2D eigenvalue weighted by Gasteiger charge is 2.27. The number of benzene rings is 1. The number of thiophene rings is 1. The molecule has 1 aromatic heterocycles. The Morgan fingerprint density at radius 3 is 2.75 bits per heavy atom. The van der Waals surface area contributed by atoms with Crippen molar-refractivity contribution in [1.29, 1.82) is 0 Å². The fourth-order valence-electron chi connectivity index (χ4n) is 1.49. The second-order valence-electron chi connectivity index (χ2n) is 3.92. The quantitative estimate of drug-likeness (QED) is 0.408. The van der Waals surface area contributed by atoms with Crippen LogP contribution in [0.2, 0.25) is 0 Å². The minimum absolute atomic E-state index is 0.279. The first-order valence-electron chi connectivity index (χ1n) is 5.46. The van der Waals surface area contributed by atoms with Crippen molar-refractivity contribution < 1.29 is 27.4 Å². The van der Waals surface area contributed by atoms with E-state index >= 15 is 0 Å². The van der Waals surface area contributed by atoms with E-state index in [9.17, 15) is 18.0 Å². The largest absolute Gasteiger partial charge is 0.434 e. The molecule has 0 aliphatic rings. The van der Waals surface area contributed by atoms with Gasteiger partial charge >= 0.3 is 12.1 Å². The molecule has 0 spiro atoms. The van der Waals surface area contributed by atoms with E-state index in [0.717, 1.165) is 10.1 Å². The van der Waals surface area contributed by atoms with Gasteiger partial charge in [0.15, 0.2) is 6.79 Å². The Labute approximate surface area is 115 Å². The molecule has 0 saturated carbocycles. The number of hydrogen-bond acceptors (Lipinski definition) is 5. The molecule has 4 nitrogen and oxygen atoms in total. The third kappa shape index (κ3) is 3.84. The van der Waals surface area contributed by atoms with Crippen molar-refractivity contribution >= 4 is 33.1 Å². The molecule has 1 aromatic carbocycles. The lowest BCUT2D eigenvalue weighted by Crippen LogP contribution is -2.19. The van der Waals surface area contributed by atoms with Gasteiger partial charge in [0.05, 0.1) is 0 Å². The lowest BCUT2D eigenvalue weighted by molar-refractivity contribution is -0.190. The predicted octanol–water partition coefficient (Wildman–Crippen LogP) is 3.18. The van der Waals surface area contributed by atoms with E-state index in [4.69, 9.17) is 5.73 Å². The van der Waals surface area contributed by atoms with E-state index < -0.39 is 25.5 Å². The zero-order valence-corrected chi connectivity index (χ0v) is 10.9. The first-order chi connectivity index (χ1) is 9.35. The smallest absolute Gasteiger partial charge is 0.411 e. The van der Waals surface area contributed by atoms with Crippen molar-refractivity contribution in [2.45, 2.75) is 6.18 Å². The van der Waals surface area contributed by atoms with Gasteiger partial charge in [-0.3, -0.25) is 0 Å². The van der Waals surface area contributed by atoms with Crippen LogP contribution in [0.25, 0.3) is 10.1 Å². The fourth-order valence-corrected chi connectivity index (χ4v) is 2.42. The number of nitrogens with two attached hydrogens (primary N) is 1. The van der Waals surface area contributed by atoms with Crippen LogP contribution in [0.4, 0.5) is 18.9 Å². The molecule has 0 aliphatic carbocycles. The zero-order valence-electron chi connectivity index (χ0n) is 10.1. The van der Waals surface area contributed by atoms with Gasteiger partial charge in [-0.15, -0.1) is 11.3 Å². The number of fused-ring (bicyclic) bond motifs is 1. The Bertz CT molecular complexity index is 624. The molecule has 2 aromatic rings. The summed E-state index contributed by atoms with van der Waals surface area (Å²) in [4.78, 5) is 11.9. The molecule has 8 heteroatoms. The summed E-state index contributed by atoms with van der Waals surface area (Å²) in [7, 11) is 0. The van der Waals surface area contributed by atoms with E-state index in [1.165, 1.54) is 11.3 Å². The Morgan fingerprint density at radius 1 is 1.30 bits per heavy atom. The van der Waals surface area contributed by atoms with E-state index in [0.29, 0.717) is 5.69 Å². The monoisotopic (exact) mass is 305 g/mol. The molecular weight excluding hydrogens is 295 g/mol. The van der Waals surface area contributed by atoms with E-state index in [1.54, 1.807) is 24.3 Å². The Kier molecular flexibility index (Phi) is 4.15. The highest BCUT2D eigenvalue weighted by atomic mass is 32.1. The van der Waals surface area contributed by atoms with Gasteiger partial charge in [-0.25, -0.2) is 4.79 Å². The summed E-state index contributed by atoms with van der Waals surface area (Å²) in [6, 6.07) is 6.72. The van der Waals surface area contributed by atoms with Gasteiger partial charge in [-0.2, -0.15) is 13.2 Å². The molecule has 0 aliphatic heterocycles. The van der Waals surface area contributed by atoms with Crippen LogP contribution in [0.15, 0.2) is 24.3 Å². The first-order valence-corrected chi connectivity index (χ1v) is 6.27. The number of alkyl halides is 3. The third-order valence-electron chi connectivity index (χ3n) is 2.28. The van der Waals surface area contributed by atoms with E-state index in [1.807, 2.05) is 0 Å². The molecule has 0 atom stereocenters. The van der Waals surface area contributed by atoms with Crippen LogP contribution in [-0.2, 0) is 9.47 Å². The van der Waals surface area contributed by atoms with E-state index in [-0.39, 0.29) is 4.88 Å². The predicted molar refractivity (Wildman–Crippen MR) is 68.5 cm³/mol. The van der Waals surface area contributed by atoms with Crippen LogP contribution < -0.4 is 5.73 Å². The number of carbonyl (C=O) groups is 1. The molecule has 0 fully saturated rings. The minimum Gasteiger partial charge on any atom is -0.434 e. The molecule has 0 amide bonds. The summed E-state index contributed by atoms with van der Waals surface area (Å²) < 4.78 is 45.1. The maximum absolute atomic E-state index is 11.8. The number of carbonyl (C=O) groups excluding carboxylic acids is 1. The summed E-state index contributed by atoms with van der Waals surface area (Å²) in [6.45, 7) is -2.20. The summed E-state index contributed by atoms with van der Waals surface area (Å²) in [6.07, 6.45) is -4.44. The Balaban J connectivity index is 1.94. The molecule has 0 bridgehead atoms. The molecule has 2 rings (SSSR count). The Hall–Kier alpha value is -1.80. The van der Waals surface area contributed by atoms with Gasteiger partial charge < -0.3 is 15.2 Å². The summed E-state index contributed by atoms with van der Waals surface area (Å²) >= 11 is 1.17. The van der Waals surface area contributed by atoms with Crippen LogP contribution in [0.1, 0.15) is 9.67 Å². The van der Waals surface area contributed by atoms with Gasteiger partial charge in [0.2, 0.25) is 0 Å². The van der Waals surface area contributed by atoms with Crippen LogP contribution in [0.5, 0.6) is 0 Å². The minimum atomic E-state index is -4.44. The highest BCUT2D eigenvalue weighted by molar-refractivity contribution is 7.20. The number of nitrogen functional groups attached to an aromatic ring is 1. The number of hydrogen-bond donors (Lipinski definition) is 1. The maximum Gasteiger partial charge on any atom is 0.411 e. The second-order valence-corrected chi connectivity index (χ2v) is 5.00. The zero-order chi connectivity index (χ0) is 14.8. The number of anilines is 1. The van der Waals surface area contributed by atoms with Gasteiger partial charge in [0, 0.05) is 10.4 Å². The molecule has 0 unspecified atom stereocenters. The standard InChI is InChI=1S/C12H10F3NO3S/c13-12(14,15)5-18-6-19-11(17)10-4-7-3-8(16)1-2-9(7)20-10/h1-4H,5-6,16H2. The molecule has 1 heterocycles. The highest BCUT2D eigenvalue weighted by Crippen LogP contribution is 2.27. The number of ether oxygens (including phenoxy) is 2. The molecule has 20 heavy (non-hydrogen) atoms. The number of esters is 1. The van der Waals surface area contributed by atoms with Crippen molar-refractivity contribution in [2.75, 3.05) is 19.1 Å². The van der Waals surface area contributed by atoms with Crippen LogP contribution >= 0.6 is 11.3 Å². The maximum atomic E-state index is 11.8. The second kappa shape index (κ2) is 5.68. The average molecular weight is 305 g/mol. The topological polar surface area (TPSA) is 61.6 Å². The molecule has 2 N–H and O–H groups in total.